The summed E-state index contributed by atoms with van der Waals surface area (Å²) in [6.07, 6.45) is 3.01. The minimum Gasteiger partial charge on any atom is -0.493 e. The number of esters is 1. The van der Waals surface area contributed by atoms with Crippen molar-refractivity contribution in [1.29, 1.82) is 0 Å². The zero-order chi connectivity index (χ0) is 41.3. The molecule has 1 aliphatic rings. The molecule has 0 saturated carbocycles. The number of carbonyl (C=O) groups is 7. The number of likely N-dealkylation sites (tertiary alicyclic amines) is 1. The van der Waals surface area contributed by atoms with Crippen LogP contribution in [0, 0.1) is 0 Å². The van der Waals surface area contributed by atoms with Crippen LogP contribution in [0.25, 0.3) is 0 Å². The van der Waals surface area contributed by atoms with Crippen molar-refractivity contribution in [3.8, 4) is 5.75 Å². The zero-order valence-electron chi connectivity index (χ0n) is 33.3. The number of Topliss-reactive ketones (excluding diaryl/α,β-unsaturated/α-hetero) is 1. The molecule has 0 aromatic heterocycles. The van der Waals surface area contributed by atoms with Crippen molar-refractivity contribution < 1.29 is 47.8 Å². The Balaban J connectivity index is 1.54. The number of nitrogens with one attached hydrogen (secondary N) is 4. The molecule has 3 rings (SSSR count). The minimum absolute atomic E-state index is 0.0186. The minimum atomic E-state index is -1.21. The average molecular weight is 780 g/mol. The third kappa shape index (κ3) is 15.1. The van der Waals surface area contributed by atoms with Gasteiger partial charge in [-0.3, -0.25) is 28.8 Å². The summed E-state index contributed by atoms with van der Waals surface area (Å²) < 4.78 is 16.5. The molecule has 15 nitrogen and oxygen atoms in total. The first-order valence-electron chi connectivity index (χ1n) is 19.1. The van der Waals surface area contributed by atoms with E-state index in [1.165, 1.54) is 4.90 Å². The standard InChI is InChI=1S/C41H57N5O10/c1-7-14-31(37(50)39(52)43-25-34(48)45-36(29-16-9-8-10-17-29)40(53)56-41(3,4)5)44-38(51)32-19-11-12-21-46(32)35(49)26-42-33(47)24-28-15-13-18-30(23-28)55-22-20-27(2)54-6/h8-10,13,15-18,23,27,31-32,36H,7,11-12,14,19-22,24-26H2,1-6H3,(H,42,47)(H,43,52)(H,44,51)(H,45,48). The molecular formula is C41H57N5O10. The molecule has 0 bridgehead atoms. The lowest BCUT2D eigenvalue weighted by atomic mass is 9.99. The van der Waals surface area contributed by atoms with Crippen LogP contribution in [0.1, 0.15) is 90.3 Å². The molecule has 2 aromatic rings. The lowest BCUT2D eigenvalue weighted by Crippen LogP contribution is -2.57. The summed E-state index contributed by atoms with van der Waals surface area (Å²) in [7, 11) is 1.64. The lowest BCUT2D eigenvalue weighted by molar-refractivity contribution is -0.158. The van der Waals surface area contributed by atoms with Crippen molar-refractivity contribution in [3.05, 3.63) is 65.7 Å². The van der Waals surface area contributed by atoms with E-state index < -0.39 is 65.7 Å². The summed E-state index contributed by atoms with van der Waals surface area (Å²) in [4.78, 5) is 93.0. The van der Waals surface area contributed by atoms with E-state index in [0.29, 0.717) is 55.6 Å². The molecule has 15 heteroatoms. The van der Waals surface area contributed by atoms with Crippen LogP contribution in [0.3, 0.4) is 0 Å². The molecule has 0 aliphatic carbocycles. The third-order valence-corrected chi connectivity index (χ3v) is 8.95. The summed E-state index contributed by atoms with van der Waals surface area (Å²) in [5, 5.41) is 10.1. The summed E-state index contributed by atoms with van der Waals surface area (Å²) in [6, 6.07) is 12.3. The van der Waals surface area contributed by atoms with Crippen molar-refractivity contribution in [2.45, 2.75) is 109 Å². The van der Waals surface area contributed by atoms with Crippen molar-refractivity contribution >= 4 is 41.3 Å². The van der Waals surface area contributed by atoms with Gasteiger partial charge in [0, 0.05) is 20.1 Å². The SMILES string of the molecule is CCCC(NC(=O)C1CCCCN1C(=O)CNC(=O)Cc1cccc(OCCC(C)OC)c1)C(=O)C(=O)NCC(=O)NC(C(=O)OC(C)(C)C)c1ccccc1. The van der Waals surface area contributed by atoms with Gasteiger partial charge in [-0.2, -0.15) is 0 Å². The fourth-order valence-corrected chi connectivity index (χ4v) is 5.96. The topological polar surface area (TPSA) is 199 Å². The highest BCUT2D eigenvalue weighted by atomic mass is 16.6. The second-order valence-electron chi connectivity index (χ2n) is 14.7. The van der Waals surface area contributed by atoms with Crippen LogP contribution in [0.2, 0.25) is 0 Å². The van der Waals surface area contributed by atoms with Gasteiger partial charge in [-0.25, -0.2) is 4.79 Å². The molecule has 306 valence electrons. The van der Waals surface area contributed by atoms with E-state index in [1.807, 2.05) is 6.92 Å². The maximum Gasteiger partial charge on any atom is 0.333 e. The molecule has 1 heterocycles. The quantitative estimate of drug-likeness (QED) is 0.115. The molecule has 0 radical (unpaired) electrons. The first-order valence-corrected chi connectivity index (χ1v) is 19.1. The highest BCUT2D eigenvalue weighted by Crippen LogP contribution is 2.20. The van der Waals surface area contributed by atoms with E-state index in [0.717, 1.165) is 0 Å². The molecule has 4 N–H and O–H groups in total. The van der Waals surface area contributed by atoms with Gasteiger partial charge in [0.2, 0.25) is 29.4 Å². The zero-order valence-corrected chi connectivity index (χ0v) is 33.3. The van der Waals surface area contributed by atoms with Crippen molar-refractivity contribution in [1.82, 2.24) is 26.2 Å². The van der Waals surface area contributed by atoms with Gasteiger partial charge in [-0.15, -0.1) is 0 Å². The van der Waals surface area contributed by atoms with Crippen LogP contribution < -0.4 is 26.0 Å². The average Bonchev–Trinajstić information content (AvgIpc) is 3.17. The number of benzene rings is 2. The van der Waals surface area contributed by atoms with Gasteiger partial charge in [-0.05, 0) is 76.6 Å². The fourth-order valence-electron chi connectivity index (χ4n) is 5.96. The van der Waals surface area contributed by atoms with Gasteiger partial charge in [0.15, 0.2) is 6.04 Å². The molecule has 4 atom stereocenters. The molecule has 0 spiro atoms. The normalized spacial score (nSPS) is 15.7. The number of methoxy groups -OCH3 is 1. The van der Waals surface area contributed by atoms with E-state index in [-0.39, 0.29) is 37.9 Å². The van der Waals surface area contributed by atoms with E-state index in [4.69, 9.17) is 14.2 Å². The molecule has 1 aliphatic heterocycles. The van der Waals surface area contributed by atoms with Crippen LogP contribution in [-0.2, 0) is 49.5 Å². The molecule has 1 saturated heterocycles. The molecule has 4 unspecified atom stereocenters. The Morgan fingerprint density at radius 1 is 0.875 bits per heavy atom. The Bertz CT molecular complexity index is 1660. The smallest absolute Gasteiger partial charge is 0.333 e. The predicted octanol–water partition coefficient (Wildman–Crippen LogP) is 2.70. The Kier molecular flexibility index (Phi) is 17.9. The van der Waals surface area contributed by atoms with E-state index in [9.17, 15) is 33.6 Å². The highest BCUT2D eigenvalue weighted by Gasteiger charge is 2.35. The van der Waals surface area contributed by atoms with Crippen LogP contribution in [0.5, 0.6) is 5.75 Å². The van der Waals surface area contributed by atoms with Crippen LogP contribution in [-0.4, -0.2) is 103 Å². The van der Waals surface area contributed by atoms with Crippen molar-refractivity contribution in [2.24, 2.45) is 0 Å². The molecular weight excluding hydrogens is 722 g/mol. The number of carbonyl (C=O) groups excluding carboxylic acids is 7. The summed E-state index contributed by atoms with van der Waals surface area (Å²) >= 11 is 0. The van der Waals surface area contributed by atoms with Gasteiger partial charge in [0.05, 0.1) is 38.3 Å². The Labute approximate surface area is 328 Å². The molecule has 56 heavy (non-hydrogen) atoms. The number of ether oxygens (including phenoxy) is 3. The van der Waals surface area contributed by atoms with Gasteiger partial charge < -0.3 is 40.4 Å². The van der Waals surface area contributed by atoms with Gasteiger partial charge in [-0.1, -0.05) is 55.8 Å². The maximum atomic E-state index is 13.5. The highest BCUT2D eigenvalue weighted by molar-refractivity contribution is 6.38. The maximum absolute atomic E-state index is 13.5. The number of ketones is 1. The molecule has 2 aromatic carbocycles. The number of hydrogen-bond donors (Lipinski definition) is 4. The van der Waals surface area contributed by atoms with Gasteiger partial charge in [0.25, 0.3) is 5.91 Å². The number of rotatable bonds is 20. The Morgan fingerprint density at radius 3 is 2.29 bits per heavy atom. The summed E-state index contributed by atoms with van der Waals surface area (Å²) in [5.41, 5.74) is 0.354. The molecule has 5 amide bonds. The summed E-state index contributed by atoms with van der Waals surface area (Å²) in [5.74, 6) is -4.30. The second-order valence-corrected chi connectivity index (χ2v) is 14.7. The third-order valence-electron chi connectivity index (χ3n) is 8.95. The van der Waals surface area contributed by atoms with Crippen LogP contribution >= 0.6 is 0 Å². The molecule has 1 fully saturated rings. The first kappa shape index (κ1) is 45.1. The lowest BCUT2D eigenvalue weighted by Gasteiger charge is -2.35. The monoisotopic (exact) mass is 779 g/mol. The Morgan fingerprint density at radius 2 is 1.61 bits per heavy atom. The van der Waals surface area contributed by atoms with Crippen molar-refractivity contribution in [2.75, 3.05) is 33.4 Å². The van der Waals surface area contributed by atoms with E-state index in [1.54, 1.807) is 89.4 Å². The number of amides is 5. The van der Waals surface area contributed by atoms with E-state index in [2.05, 4.69) is 21.3 Å². The van der Waals surface area contributed by atoms with Crippen LogP contribution in [0.15, 0.2) is 54.6 Å². The predicted molar refractivity (Wildman–Crippen MR) is 207 cm³/mol. The Hall–Kier alpha value is -5.31. The van der Waals surface area contributed by atoms with Crippen molar-refractivity contribution in [3.63, 3.8) is 0 Å². The first-order chi connectivity index (χ1) is 26.6. The number of piperidine rings is 1. The largest absolute Gasteiger partial charge is 0.493 e. The number of nitrogens with zero attached hydrogens (tertiary/aromatic N) is 1. The van der Waals surface area contributed by atoms with Gasteiger partial charge >= 0.3 is 5.97 Å². The van der Waals surface area contributed by atoms with Gasteiger partial charge in [0.1, 0.15) is 17.4 Å². The number of hydrogen-bond acceptors (Lipinski definition) is 10. The summed E-state index contributed by atoms with van der Waals surface area (Å²) in [6.45, 7) is 8.61. The van der Waals surface area contributed by atoms with E-state index >= 15 is 0 Å². The fraction of sp³-hybridized carbons (Fsp3) is 0.537. The van der Waals surface area contributed by atoms with Crippen LogP contribution in [0.4, 0.5) is 0 Å². The second kappa shape index (κ2) is 22.3.